The predicted molar refractivity (Wildman–Crippen MR) is 62.5 cm³/mol. The predicted octanol–water partition coefficient (Wildman–Crippen LogP) is 3.10. The average molecular weight is 219 g/mol. The molecule has 0 spiro atoms. The van der Waals surface area contributed by atoms with Crippen molar-refractivity contribution in [2.75, 3.05) is 0 Å². The molecular weight excluding hydrogens is 201 g/mol. The zero-order chi connectivity index (χ0) is 11.0. The molecule has 2 saturated carbocycles. The number of hydrogen-bond donors (Lipinski definition) is 1. The summed E-state index contributed by atoms with van der Waals surface area (Å²) in [5.74, 6) is 1.68. The molecule has 1 aromatic carbocycles. The molecule has 0 aromatic heterocycles. The van der Waals surface area contributed by atoms with Crippen molar-refractivity contribution in [3.8, 4) is 0 Å². The molecular formula is C14H18FN. The first-order chi connectivity index (χ1) is 7.83. The van der Waals surface area contributed by atoms with Gasteiger partial charge in [0.1, 0.15) is 5.82 Å². The Labute approximate surface area is 96.1 Å². The van der Waals surface area contributed by atoms with Gasteiger partial charge in [-0.15, -0.1) is 0 Å². The molecule has 2 heteroatoms. The molecule has 2 fully saturated rings. The molecule has 1 N–H and O–H groups in total. The van der Waals surface area contributed by atoms with E-state index in [-0.39, 0.29) is 5.82 Å². The van der Waals surface area contributed by atoms with Crippen LogP contribution in [0.1, 0.15) is 31.2 Å². The van der Waals surface area contributed by atoms with Crippen LogP contribution in [-0.2, 0) is 6.54 Å². The smallest absolute Gasteiger partial charge is 0.123 e. The Bertz CT molecular complexity index is 357. The Kier molecular flexibility index (Phi) is 2.68. The third-order valence-corrected chi connectivity index (χ3v) is 3.69. The molecule has 16 heavy (non-hydrogen) atoms. The van der Waals surface area contributed by atoms with Crippen molar-refractivity contribution in [2.24, 2.45) is 11.8 Å². The van der Waals surface area contributed by atoms with Crippen LogP contribution in [0.5, 0.6) is 0 Å². The van der Waals surface area contributed by atoms with Crippen molar-refractivity contribution in [1.29, 1.82) is 0 Å². The minimum atomic E-state index is -0.131. The fraction of sp³-hybridized carbons (Fsp3) is 0.571. The number of benzene rings is 1. The van der Waals surface area contributed by atoms with Gasteiger partial charge >= 0.3 is 0 Å². The van der Waals surface area contributed by atoms with E-state index in [1.165, 1.54) is 31.7 Å². The van der Waals surface area contributed by atoms with Crippen molar-refractivity contribution in [3.05, 3.63) is 35.6 Å². The summed E-state index contributed by atoms with van der Waals surface area (Å²) in [7, 11) is 0. The molecule has 3 rings (SSSR count). The summed E-state index contributed by atoms with van der Waals surface area (Å²) >= 11 is 0. The van der Waals surface area contributed by atoms with E-state index in [0.717, 1.165) is 23.9 Å². The van der Waals surface area contributed by atoms with Crippen LogP contribution >= 0.6 is 0 Å². The van der Waals surface area contributed by atoms with Gasteiger partial charge in [-0.05, 0) is 55.2 Å². The van der Waals surface area contributed by atoms with Gasteiger partial charge in [0.15, 0.2) is 0 Å². The molecule has 0 saturated heterocycles. The van der Waals surface area contributed by atoms with Gasteiger partial charge in [0.2, 0.25) is 0 Å². The van der Waals surface area contributed by atoms with E-state index in [2.05, 4.69) is 5.32 Å². The minimum Gasteiger partial charge on any atom is -0.309 e. The molecule has 2 aliphatic carbocycles. The molecule has 0 heterocycles. The van der Waals surface area contributed by atoms with E-state index < -0.39 is 0 Å². The van der Waals surface area contributed by atoms with Crippen molar-refractivity contribution in [3.63, 3.8) is 0 Å². The Hall–Kier alpha value is -0.890. The maximum atomic E-state index is 13.0. The van der Waals surface area contributed by atoms with Crippen LogP contribution in [0.2, 0.25) is 0 Å². The lowest BCUT2D eigenvalue weighted by Crippen LogP contribution is -2.32. The Morgan fingerprint density at radius 3 is 2.44 bits per heavy atom. The summed E-state index contributed by atoms with van der Waals surface area (Å²) in [6, 6.07) is 7.61. The Morgan fingerprint density at radius 2 is 1.88 bits per heavy atom. The highest BCUT2D eigenvalue weighted by Crippen LogP contribution is 2.44. The third-order valence-electron chi connectivity index (χ3n) is 3.69. The van der Waals surface area contributed by atoms with Gasteiger partial charge in [-0.3, -0.25) is 0 Å². The van der Waals surface area contributed by atoms with Crippen molar-refractivity contribution in [2.45, 2.75) is 38.3 Å². The molecule has 0 bridgehead atoms. The molecule has 1 nitrogen and oxygen atoms in total. The second-order valence-corrected chi connectivity index (χ2v) is 5.21. The number of hydrogen-bond acceptors (Lipinski definition) is 1. The largest absolute Gasteiger partial charge is 0.309 e. The van der Waals surface area contributed by atoms with Gasteiger partial charge in [-0.1, -0.05) is 12.1 Å². The van der Waals surface area contributed by atoms with Crippen LogP contribution in [0.25, 0.3) is 0 Å². The van der Waals surface area contributed by atoms with Gasteiger partial charge in [0.25, 0.3) is 0 Å². The van der Waals surface area contributed by atoms with E-state index in [9.17, 15) is 4.39 Å². The fourth-order valence-corrected chi connectivity index (χ4v) is 2.51. The second-order valence-electron chi connectivity index (χ2n) is 5.21. The first kappa shape index (κ1) is 10.3. The molecule has 1 aromatic rings. The third kappa shape index (κ3) is 2.43. The summed E-state index contributed by atoms with van der Waals surface area (Å²) in [5, 5.41) is 3.62. The maximum absolute atomic E-state index is 13.0. The van der Waals surface area contributed by atoms with Crippen molar-refractivity contribution >= 4 is 0 Å². The van der Waals surface area contributed by atoms with E-state index in [4.69, 9.17) is 0 Å². The average Bonchev–Trinajstić information content (AvgIpc) is 3.13. The highest BCUT2D eigenvalue weighted by atomic mass is 19.1. The summed E-state index contributed by atoms with van der Waals surface area (Å²) < 4.78 is 13.0. The minimum absolute atomic E-state index is 0.131. The number of halogens is 1. The summed E-state index contributed by atoms with van der Waals surface area (Å²) in [4.78, 5) is 0. The molecule has 0 atom stereocenters. The normalized spacial score (nSPS) is 20.4. The number of rotatable bonds is 5. The lowest BCUT2D eigenvalue weighted by Gasteiger charge is -2.17. The van der Waals surface area contributed by atoms with Crippen LogP contribution in [0.15, 0.2) is 24.3 Å². The molecule has 86 valence electrons. The van der Waals surface area contributed by atoms with Gasteiger partial charge in [0, 0.05) is 12.6 Å². The van der Waals surface area contributed by atoms with E-state index >= 15 is 0 Å². The summed E-state index contributed by atoms with van der Waals surface area (Å²) in [5.41, 5.74) is 1.06. The van der Waals surface area contributed by atoms with Crippen molar-refractivity contribution < 1.29 is 4.39 Å². The second kappa shape index (κ2) is 4.17. The highest BCUT2D eigenvalue weighted by molar-refractivity contribution is 5.16. The lowest BCUT2D eigenvalue weighted by molar-refractivity contribution is 0.415. The zero-order valence-corrected chi connectivity index (χ0v) is 9.45. The molecule has 2 aliphatic rings. The van der Waals surface area contributed by atoms with E-state index in [1.807, 2.05) is 6.07 Å². The highest BCUT2D eigenvalue weighted by Gasteiger charge is 2.40. The van der Waals surface area contributed by atoms with E-state index in [1.54, 1.807) is 12.1 Å². The molecule has 0 amide bonds. The van der Waals surface area contributed by atoms with Crippen LogP contribution in [0.4, 0.5) is 4.39 Å². The molecule has 0 unspecified atom stereocenters. The summed E-state index contributed by atoms with van der Waals surface area (Å²) in [6.45, 7) is 0.815. The quantitative estimate of drug-likeness (QED) is 0.802. The SMILES string of the molecule is Fc1cccc(CNC(C2CC2)C2CC2)c1. The Morgan fingerprint density at radius 1 is 1.19 bits per heavy atom. The first-order valence-electron chi connectivity index (χ1n) is 6.31. The van der Waals surface area contributed by atoms with Crippen molar-refractivity contribution in [1.82, 2.24) is 5.32 Å². The van der Waals surface area contributed by atoms with Crippen LogP contribution in [0, 0.1) is 17.7 Å². The molecule has 0 radical (unpaired) electrons. The maximum Gasteiger partial charge on any atom is 0.123 e. The standard InChI is InChI=1S/C14H18FN/c15-13-3-1-2-10(8-13)9-16-14(11-4-5-11)12-6-7-12/h1-3,8,11-12,14,16H,4-7,9H2. The van der Waals surface area contributed by atoms with Crippen LogP contribution in [-0.4, -0.2) is 6.04 Å². The lowest BCUT2D eigenvalue weighted by atomic mass is 10.1. The first-order valence-corrected chi connectivity index (χ1v) is 6.31. The van der Waals surface area contributed by atoms with Gasteiger partial charge < -0.3 is 5.32 Å². The topological polar surface area (TPSA) is 12.0 Å². The zero-order valence-electron chi connectivity index (χ0n) is 9.45. The summed E-state index contributed by atoms with van der Waals surface area (Å²) in [6.07, 6.45) is 5.54. The van der Waals surface area contributed by atoms with Crippen LogP contribution < -0.4 is 5.32 Å². The Balaban J connectivity index is 1.58. The van der Waals surface area contributed by atoms with Gasteiger partial charge in [-0.2, -0.15) is 0 Å². The fourth-order valence-electron chi connectivity index (χ4n) is 2.51. The van der Waals surface area contributed by atoms with Gasteiger partial charge in [-0.25, -0.2) is 4.39 Å². The monoisotopic (exact) mass is 219 g/mol. The van der Waals surface area contributed by atoms with Gasteiger partial charge in [0.05, 0.1) is 0 Å². The number of nitrogens with one attached hydrogen (secondary N) is 1. The van der Waals surface area contributed by atoms with Crippen LogP contribution in [0.3, 0.4) is 0 Å². The molecule has 0 aliphatic heterocycles. The van der Waals surface area contributed by atoms with E-state index in [0.29, 0.717) is 6.04 Å².